The lowest BCUT2D eigenvalue weighted by Crippen LogP contribution is -2.31. The first-order valence-electron chi connectivity index (χ1n) is 9.62. The van der Waals surface area contributed by atoms with Gasteiger partial charge in [-0.1, -0.05) is 12.1 Å². The Morgan fingerprint density at radius 3 is 2.48 bits per heavy atom. The van der Waals surface area contributed by atoms with E-state index in [1.807, 2.05) is 0 Å². The molecule has 1 aliphatic rings. The number of amides is 4. The zero-order valence-electron chi connectivity index (χ0n) is 17.5. The summed E-state index contributed by atoms with van der Waals surface area (Å²) in [5.74, 6) is -1.23. The van der Waals surface area contributed by atoms with E-state index in [2.05, 4.69) is 5.32 Å². The molecular formula is C22H23N3O5S. The summed E-state index contributed by atoms with van der Waals surface area (Å²) in [7, 11) is 4.86. The third kappa shape index (κ3) is 4.95. The van der Waals surface area contributed by atoms with Crippen molar-refractivity contribution in [2.24, 2.45) is 0 Å². The van der Waals surface area contributed by atoms with Crippen molar-refractivity contribution in [3.05, 3.63) is 59.2 Å². The Labute approximate surface area is 184 Å². The van der Waals surface area contributed by atoms with E-state index >= 15 is 0 Å². The number of nitrogens with zero attached hydrogens (tertiary/aromatic N) is 2. The summed E-state index contributed by atoms with van der Waals surface area (Å²) < 4.78 is 4.98. The lowest BCUT2D eigenvalue weighted by atomic mass is 10.1. The number of benzene rings is 2. The molecule has 0 atom stereocenters. The minimum absolute atomic E-state index is 0.170. The number of para-hydroxylation sites is 1. The molecule has 2 aromatic carbocycles. The number of carbonyl (C=O) groups excluding carboxylic acids is 4. The van der Waals surface area contributed by atoms with Gasteiger partial charge in [0.05, 0.1) is 16.8 Å². The van der Waals surface area contributed by atoms with Crippen LogP contribution < -0.4 is 5.32 Å². The summed E-state index contributed by atoms with van der Waals surface area (Å²) >= 11 is 1.00. The molecule has 162 valence electrons. The maximum atomic E-state index is 12.8. The third-order valence-electron chi connectivity index (χ3n) is 4.66. The molecule has 0 bridgehead atoms. The Hall–Kier alpha value is -3.17. The van der Waals surface area contributed by atoms with Crippen LogP contribution in [0.3, 0.4) is 0 Å². The summed E-state index contributed by atoms with van der Waals surface area (Å²) in [5, 5.41) is 2.62. The van der Waals surface area contributed by atoms with E-state index in [1.54, 1.807) is 45.5 Å². The molecule has 4 amide bonds. The van der Waals surface area contributed by atoms with Gasteiger partial charge in [-0.25, -0.2) is 0 Å². The Bertz CT molecular complexity index is 1040. The van der Waals surface area contributed by atoms with Crippen molar-refractivity contribution in [3.63, 3.8) is 0 Å². The molecule has 0 unspecified atom stereocenters. The number of imide groups is 1. The zero-order valence-corrected chi connectivity index (χ0v) is 18.3. The number of methoxy groups -OCH3 is 1. The molecule has 0 aromatic heterocycles. The lowest BCUT2D eigenvalue weighted by molar-refractivity contribution is 0.0638. The summed E-state index contributed by atoms with van der Waals surface area (Å²) in [6, 6.07) is 11.4. The van der Waals surface area contributed by atoms with E-state index in [9.17, 15) is 19.2 Å². The van der Waals surface area contributed by atoms with Gasteiger partial charge in [0.1, 0.15) is 0 Å². The van der Waals surface area contributed by atoms with E-state index in [0.717, 1.165) is 11.8 Å². The maximum absolute atomic E-state index is 12.8. The third-order valence-corrected chi connectivity index (χ3v) is 5.78. The highest BCUT2D eigenvalue weighted by Crippen LogP contribution is 2.30. The monoisotopic (exact) mass is 441 g/mol. The predicted octanol–water partition coefficient (Wildman–Crippen LogP) is 3.35. The van der Waals surface area contributed by atoms with Crippen LogP contribution in [-0.4, -0.2) is 67.1 Å². The van der Waals surface area contributed by atoms with Gasteiger partial charge < -0.3 is 15.0 Å². The number of carbonyl (C=O) groups is 4. The van der Waals surface area contributed by atoms with Gasteiger partial charge in [-0.3, -0.25) is 24.1 Å². The van der Waals surface area contributed by atoms with Gasteiger partial charge in [0.15, 0.2) is 0 Å². The smallest absolute Gasteiger partial charge is 0.286 e. The highest BCUT2D eigenvalue weighted by atomic mass is 32.2. The van der Waals surface area contributed by atoms with E-state index < -0.39 is 11.8 Å². The topological polar surface area (TPSA) is 96.0 Å². The molecule has 0 aliphatic carbocycles. The minimum Gasteiger partial charge on any atom is -0.385 e. The van der Waals surface area contributed by atoms with Crippen LogP contribution in [0.4, 0.5) is 10.5 Å². The largest absolute Gasteiger partial charge is 0.385 e. The first-order chi connectivity index (χ1) is 14.8. The van der Waals surface area contributed by atoms with Crippen molar-refractivity contribution in [3.8, 4) is 0 Å². The fraction of sp³-hybridized carbons (Fsp3) is 0.273. The van der Waals surface area contributed by atoms with E-state index in [4.69, 9.17) is 4.74 Å². The Morgan fingerprint density at radius 2 is 1.77 bits per heavy atom. The van der Waals surface area contributed by atoms with Gasteiger partial charge in [-0.05, 0) is 48.5 Å². The van der Waals surface area contributed by atoms with Crippen LogP contribution in [0.25, 0.3) is 0 Å². The standard InChI is InChI=1S/C22H23N3O5S/c1-24(2)22(29)31-18-8-5-4-7-17(18)23-19(26)14-9-10-15-16(13-14)21(28)25(20(15)27)11-6-12-30-3/h4-5,7-10,13H,6,11-12H2,1-3H3,(H,23,26). The van der Waals surface area contributed by atoms with Crippen molar-refractivity contribution in [1.29, 1.82) is 0 Å². The van der Waals surface area contributed by atoms with Crippen LogP contribution >= 0.6 is 11.8 Å². The van der Waals surface area contributed by atoms with Gasteiger partial charge in [0.25, 0.3) is 23.0 Å². The number of anilines is 1. The van der Waals surface area contributed by atoms with Crippen LogP contribution in [0.15, 0.2) is 47.4 Å². The number of nitrogens with one attached hydrogen (secondary N) is 1. The Morgan fingerprint density at radius 1 is 1.06 bits per heavy atom. The molecule has 2 aromatic rings. The first-order valence-corrected chi connectivity index (χ1v) is 10.4. The second-order valence-electron chi connectivity index (χ2n) is 7.08. The summed E-state index contributed by atoms with van der Waals surface area (Å²) in [5.41, 5.74) is 1.22. The Balaban J connectivity index is 1.78. The molecule has 3 rings (SSSR count). The van der Waals surface area contributed by atoms with Gasteiger partial charge in [-0.15, -0.1) is 0 Å². The summed E-state index contributed by atoms with van der Waals surface area (Å²) in [6.07, 6.45) is 0.537. The quantitative estimate of drug-likeness (QED) is 0.402. The average molecular weight is 442 g/mol. The lowest BCUT2D eigenvalue weighted by Gasteiger charge is -2.13. The first kappa shape index (κ1) is 22.5. The molecule has 0 saturated carbocycles. The minimum atomic E-state index is -0.439. The number of hydrogen-bond acceptors (Lipinski definition) is 6. The highest BCUT2D eigenvalue weighted by molar-refractivity contribution is 8.13. The van der Waals surface area contributed by atoms with Gasteiger partial charge >= 0.3 is 0 Å². The predicted molar refractivity (Wildman–Crippen MR) is 118 cm³/mol. The maximum Gasteiger partial charge on any atom is 0.286 e. The molecule has 1 N–H and O–H groups in total. The molecule has 0 fully saturated rings. The van der Waals surface area contributed by atoms with Crippen LogP contribution in [-0.2, 0) is 4.74 Å². The summed E-state index contributed by atoms with van der Waals surface area (Å²) in [6.45, 7) is 0.695. The number of thioether (sulfide) groups is 1. The fourth-order valence-corrected chi connectivity index (χ4v) is 3.79. The van der Waals surface area contributed by atoms with Gasteiger partial charge in [0, 0.05) is 44.8 Å². The van der Waals surface area contributed by atoms with Crippen molar-refractivity contribution in [2.45, 2.75) is 11.3 Å². The number of hydrogen-bond donors (Lipinski definition) is 1. The van der Waals surface area contributed by atoms with Crippen LogP contribution in [0.5, 0.6) is 0 Å². The summed E-state index contributed by atoms with van der Waals surface area (Å²) in [4.78, 5) is 53.2. The number of rotatable bonds is 7. The molecule has 9 heteroatoms. The Kier molecular flexibility index (Phi) is 7.09. The van der Waals surface area contributed by atoms with Crippen LogP contribution in [0.1, 0.15) is 37.5 Å². The van der Waals surface area contributed by atoms with E-state index in [0.29, 0.717) is 23.6 Å². The second kappa shape index (κ2) is 9.76. The fourth-order valence-electron chi connectivity index (χ4n) is 3.04. The molecule has 1 aliphatic heterocycles. The molecule has 8 nitrogen and oxygen atoms in total. The van der Waals surface area contributed by atoms with Crippen molar-refractivity contribution < 1.29 is 23.9 Å². The number of ether oxygens (including phenoxy) is 1. The normalized spacial score (nSPS) is 12.7. The van der Waals surface area contributed by atoms with Crippen molar-refractivity contribution in [2.75, 3.05) is 39.7 Å². The molecular weight excluding hydrogens is 418 g/mol. The average Bonchev–Trinajstić information content (AvgIpc) is 2.99. The van der Waals surface area contributed by atoms with Crippen LogP contribution in [0.2, 0.25) is 0 Å². The molecule has 31 heavy (non-hydrogen) atoms. The van der Waals surface area contributed by atoms with Gasteiger partial charge in [0.2, 0.25) is 0 Å². The highest BCUT2D eigenvalue weighted by Gasteiger charge is 2.35. The number of fused-ring (bicyclic) bond motifs is 1. The zero-order chi connectivity index (χ0) is 22.5. The molecule has 1 heterocycles. The SMILES string of the molecule is COCCCN1C(=O)c2ccc(C(=O)Nc3ccccc3SC(=O)N(C)C)cc2C1=O. The van der Waals surface area contributed by atoms with Gasteiger partial charge in [-0.2, -0.15) is 0 Å². The molecule has 0 radical (unpaired) electrons. The van der Waals surface area contributed by atoms with Crippen molar-refractivity contribution in [1.82, 2.24) is 9.80 Å². The van der Waals surface area contributed by atoms with E-state index in [1.165, 1.54) is 28.0 Å². The molecule has 0 saturated heterocycles. The van der Waals surface area contributed by atoms with Crippen LogP contribution in [0, 0.1) is 0 Å². The second-order valence-corrected chi connectivity index (χ2v) is 8.07. The molecule has 0 spiro atoms. The van der Waals surface area contributed by atoms with E-state index in [-0.39, 0.29) is 34.4 Å². The van der Waals surface area contributed by atoms with Crippen molar-refractivity contribution >= 4 is 40.4 Å².